The number of halogens is 5. The minimum absolute atomic E-state index is 0.0151. The van der Waals surface area contributed by atoms with Gasteiger partial charge in [0, 0.05) is 18.7 Å². The topological polar surface area (TPSA) is 121 Å². The Morgan fingerprint density at radius 1 is 1.08 bits per heavy atom. The van der Waals surface area contributed by atoms with E-state index in [9.17, 15) is 36.6 Å². The summed E-state index contributed by atoms with van der Waals surface area (Å²) in [5, 5.41) is 19.4. The van der Waals surface area contributed by atoms with Gasteiger partial charge in [-0.25, -0.2) is 14.2 Å². The van der Waals surface area contributed by atoms with E-state index < -0.39 is 35.6 Å². The molecule has 1 aromatic carbocycles. The van der Waals surface area contributed by atoms with Gasteiger partial charge in [-0.15, -0.1) is 10.2 Å². The number of benzene rings is 1. The second kappa shape index (κ2) is 9.79. The van der Waals surface area contributed by atoms with Crippen LogP contribution in [0.2, 0.25) is 0 Å². The SMILES string of the molecule is O=C(F)c1ccc(-c2cc(Nc3nc(N4CCC(C(F)(F)F)CC4)ncc3F)nnc2C(=O)O)cc1. The molecule has 0 spiro atoms. The molecule has 0 amide bonds. The zero-order chi connectivity index (χ0) is 26.0. The van der Waals surface area contributed by atoms with Crippen LogP contribution in [0.5, 0.6) is 0 Å². The summed E-state index contributed by atoms with van der Waals surface area (Å²) in [5.41, 5.74) is -0.365. The predicted octanol–water partition coefficient (Wildman–Crippen LogP) is 4.40. The number of carboxylic acid groups (broad SMARTS) is 1. The molecule has 0 bridgehead atoms. The third-order valence-corrected chi connectivity index (χ3v) is 5.64. The molecule has 0 unspecified atom stereocenters. The highest BCUT2D eigenvalue weighted by molar-refractivity contribution is 5.95. The number of nitrogens with one attached hydrogen (secondary N) is 1. The van der Waals surface area contributed by atoms with Crippen LogP contribution < -0.4 is 10.2 Å². The zero-order valence-electron chi connectivity index (χ0n) is 18.3. The number of carbonyl (C=O) groups excluding carboxylic acids is 1. The number of piperidine rings is 1. The average Bonchev–Trinajstić information content (AvgIpc) is 2.85. The molecule has 2 N–H and O–H groups in total. The molecule has 14 heteroatoms. The van der Waals surface area contributed by atoms with Gasteiger partial charge >= 0.3 is 18.2 Å². The van der Waals surface area contributed by atoms with Gasteiger partial charge in [-0.05, 0) is 36.6 Å². The number of rotatable bonds is 6. The summed E-state index contributed by atoms with van der Waals surface area (Å²) in [6.07, 6.45) is -3.73. The van der Waals surface area contributed by atoms with Crippen molar-refractivity contribution in [3.05, 3.63) is 53.6 Å². The molecule has 2 aromatic heterocycles. The van der Waals surface area contributed by atoms with Gasteiger partial charge in [-0.1, -0.05) is 12.1 Å². The fraction of sp³-hybridized carbons (Fsp3) is 0.273. The number of anilines is 3. The Labute approximate surface area is 200 Å². The maximum absolute atomic E-state index is 14.4. The van der Waals surface area contributed by atoms with Crippen LogP contribution in [0.4, 0.5) is 39.5 Å². The van der Waals surface area contributed by atoms with Crippen molar-refractivity contribution < 1.29 is 36.6 Å². The zero-order valence-corrected chi connectivity index (χ0v) is 18.3. The summed E-state index contributed by atoms with van der Waals surface area (Å²) in [4.78, 5) is 31.9. The molecule has 0 radical (unpaired) electrons. The third kappa shape index (κ3) is 5.37. The molecule has 9 nitrogen and oxygen atoms in total. The summed E-state index contributed by atoms with van der Waals surface area (Å²) in [6.45, 7) is 0.0633. The molecule has 4 rings (SSSR count). The largest absolute Gasteiger partial charge is 0.476 e. The third-order valence-electron chi connectivity index (χ3n) is 5.64. The van der Waals surface area contributed by atoms with Gasteiger partial charge in [0.05, 0.1) is 17.7 Å². The summed E-state index contributed by atoms with van der Waals surface area (Å²) < 4.78 is 66.1. The van der Waals surface area contributed by atoms with E-state index in [0.29, 0.717) is 0 Å². The molecular formula is C22H17F5N6O3. The lowest BCUT2D eigenvalue weighted by molar-refractivity contribution is -0.179. The van der Waals surface area contributed by atoms with Crippen molar-refractivity contribution in [1.82, 2.24) is 20.2 Å². The monoisotopic (exact) mass is 508 g/mol. The highest BCUT2D eigenvalue weighted by atomic mass is 19.4. The van der Waals surface area contributed by atoms with E-state index in [-0.39, 0.29) is 60.2 Å². The van der Waals surface area contributed by atoms with E-state index in [1.54, 1.807) is 0 Å². The fourth-order valence-electron chi connectivity index (χ4n) is 3.74. The first-order chi connectivity index (χ1) is 17.0. The number of nitrogens with zero attached hydrogens (tertiary/aromatic N) is 5. The minimum Gasteiger partial charge on any atom is -0.476 e. The van der Waals surface area contributed by atoms with E-state index in [1.165, 1.54) is 23.1 Å². The maximum Gasteiger partial charge on any atom is 0.391 e. The Morgan fingerprint density at radius 2 is 1.75 bits per heavy atom. The van der Waals surface area contributed by atoms with Crippen molar-refractivity contribution in [2.45, 2.75) is 19.0 Å². The fourth-order valence-corrected chi connectivity index (χ4v) is 3.74. The van der Waals surface area contributed by atoms with Gasteiger partial charge in [0.2, 0.25) is 5.95 Å². The second-order valence-corrected chi connectivity index (χ2v) is 7.94. The van der Waals surface area contributed by atoms with Crippen LogP contribution in [0.25, 0.3) is 11.1 Å². The predicted molar refractivity (Wildman–Crippen MR) is 116 cm³/mol. The van der Waals surface area contributed by atoms with Crippen LogP contribution >= 0.6 is 0 Å². The Morgan fingerprint density at radius 3 is 2.33 bits per heavy atom. The van der Waals surface area contributed by atoms with Gasteiger partial charge in [0.1, 0.15) is 0 Å². The molecule has 188 valence electrons. The number of carboxylic acids is 1. The first kappa shape index (κ1) is 24.9. The molecular weight excluding hydrogens is 491 g/mol. The van der Waals surface area contributed by atoms with Crippen molar-refractivity contribution in [1.29, 1.82) is 0 Å². The van der Waals surface area contributed by atoms with Gasteiger partial charge in [0.15, 0.2) is 23.1 Å². The van der Waals surface area contributed by atoms with Crippen molar-refractivity contribution in [2.24, 2.45) is 5.92 Å². The van der Waals surface area contributed by atoms with E-state index in [0.717, 1.165) is 18.3 Å². The standard InChI is InChI=1S/C22H17F5N6O3/c23-15-10-28-21(33-7-5-13(6-8-33)22(25,26)27)30-19(15)29-16-9-14(17(20(35)36)32-31-16)11-1-3-12(4-2-11)18(24)34/h1-4,9-10,13H,5-8H2,(H,35,36)(H,28,29,30,31). The van der Waals surface area contributed by atoms with Crippen LogP contribution in [0.15, 0.2) is 36.5 Å². The highest BCUT2D eigenvalue weighted by Gasteiger charge is 2.41. The van der Waals surface area contributed by atoms with Gasteiger partial charge in [-0.3, -0.25) is 4.79 Å². The summed E-state index contributed by atoms with van der Waals surface area (Å²) in [6, 6.07) is 4.54. The Hall–Kier alpha value is -4.23. The van der Waals surface area contributed by atoms with Crippen molar-refractivity contribution in [3.63, 3.8) is 0 Å². The molecule has 1 aliphatic rings. The molecule has 0 atom stereocenters. The lowest BCUT2D eigenvalue weighted by atomic mass is 9.96. The van der Waals surface area contributed by atoms with E-state index >= 15 is 0 Å². The molecule has 1 saturated heterocycles. The summed E-state index contributed by atoms with van der Waals surface area (Å²) in [7, 11) is 0. The van der Waals surface area contributed by atoms with Crippen LogP contribution in [-0.2, 0) is 0 Å². The quantitative estimate of drug-likeness (QED) is 0.369. The van der Waals surface area contributed by atoms with Gasteiger partial charge < -0.3 is 15.3 Å². The number of aromatic nitrogens is 4. The Bertz CT molecular complexity index is 1290. The molecule has 3 aromatic rings. The minimum atomic E-state index is -4.29. The normalized spacial score (nSPS) is 14.5. The van der Waals surface area contributed by atoms with Crippen LogP contribution in [-0.4, -0.2) is 56.5 Å². The number of alkyl halides is 3. The van der Waals surface area contributed by atoms with E-state index in [2.05, 4.69) is 25.5 Å². The maximum atomic E-state index is 14.4. The van der Waals surface area contributed by atoms with Gasteiger partial charge in [0.25, 0.3) is 0 Å². The van der Waals surface area contributed by atoms with Crippen LogP contribution in [0.3, 0.4) is 0 Å². The Balaban J connectivity index is 1.59. The first-order valence-electron chi connectivity index (χ1n) is 10.6. The van der Waals surface area contributed by atoms with E-state index in [1.807, 2.05) is 0 Å². The van der Waals surface area contributed by atoms with Crippen molar-refractivity contribution >= 4 is 29.6 Å². The van der Waals surface area contributed by atoms with E-state index in [4.69, 9.17) is 0 Å². The second-order valence-electron chi connectivity index (χ2n) is 7.94. The molecule has 0 saturated carbocycles. The smallest absolute Gasteiger partial charge is 0.391 e. The number of hydrogen-bond donors (Lipinski definition) is 2. The number of aromatic carboxylic acids is 1. The molecule has 0 aliphatic carbocycles. The van der Waals surface area contributed by atoms with Crippen molar-refractivity contribution in [3.8, 4) is 11.1 Å². The first-order valence-corrected chi connectivity index (χ1v) is 10.6. The van der Waals surface area contributed by atoms with Crippen LogP contribution in [0.1, 0.15) is 33.7 Å². The molecule has 36 heavy (non-hydrogen) atoms. The molecule has 3 heterocycles. The highest BCUT2D eigenvalue weighted by Crippen LogP contribution is 2.35. The average molecular weight is 508 g/mol. The Kier molecular flexibility index (Phi) is 6.77. The van der Waals surface area contributed by atoms with Gasteiger partial charge in [-0.2, -0.15) is 22.5 Å². The summed E-state index contributed by atoms with van der Waals surface area (Å²) >= 11 is 0. The van der Waals surface area contributed by atoms with Crippen LogP contribution in [0, 0.1) is 11.7 Å². The number of carbonyl (C=O) groups is 2. The lowest BCUT2D eigenvalue weighted by Crippen LogP contribution is -2.39. The number of hydrogen-bond acceptors (Lipinski definition) is 8. The van der Waals surface area contributed by atoms with Crippen molar-refractivity contribution in [2.75, 3.05) is 23.3 Å². The lowest BCUT2D eigenvalue weighted by Gasteiger charge is -2.32. The molecule has 1 fully saturated rings. The summed E-state index contributed by atoms with van der Waals surface area (Å²) in [5.74, 6) is -4.15. The molecule has 1 aliphatic heterocycles.